The third-order valence-electron chi connectivity index (χ3n) is 23.4. The lowest BCUT2D eigenvalue weighted by atomic mass is 9.96. The standard InChI is InChI=1S/3C26H33N6O8PS/c3*1-26(35)20(33)17(40-24(26)32-13-28-19-21(32)29-25(27)30-22(19)37-2)12-38-41(36)31-16(23(34)39-15-8-4-5-9-15)11-14-7-3-6-10-18(14)42-41/h3*3,6-7,10,13,15-17,20,24,33,35H,4-5,8-9,11-12H2,1-2H3,(H,31,36)(H2,27,29,30)/t2*16?,17?,20-,24-,26-,41?;16?,17?,20-,24-,26-,41+/m111/s1. The summed E-state index contributed by atoms with van der Waals surface area (Å²) in [6.07, 6.45) is 4.35. The van der Waals surface area contributed by atoms with E-state index in [1.807, 2.05) is 72.8 Å². The van der Waals surface area contributed by atoms with Crippen LogP contribution in [0.15, 0.2) is 106 Å². The lowest BCUT2D eigenvalue weighted by Crippen LogP contribution is -2.44. The SMILES string of the molecule is COc1nc(N)nc2c1ncn2[C@@H]1OC(COP2(=O)NC(C(=O)OC3CCCC3)Cc3ccccc3S2)[C@@H](O)[C@@]1(C)O.COc1nc(N)nc2c1ncn2[C@@H]1OC(COP2(=O)NC(C(=O)OC3CCCC3)Cc3ccccc3S2)[C@@H](O)[C@@]1(C)O.COc1nc(N)nc2c1ncn2[C@@H]1OC(CO[P@@]2(=O)NC(C(=O)OC3CCCC3)Cc3ccccc3S2)[C@@H](O)[C@@]1(C)O. The molecule has 18 rings (SSSR count). The fourth-order valence-electron chi connectivity index (χ4n) is 16.8. The van der Waals surface area contributed by atoms with Crippen LogP contribution < -0.4 is 46.7 Å². The first-order chi connectivity index (χ1) is 60.2. The van der Waals surface area contributed by atoms with Crippen LogP contribution in [0.3, 0.4) is 0 Å². The maximum atomic E-state index is 14.1. The lowest BCUT2D eigenvalue weighted by molar-refractivity contribution is -0.151. The molecule has 6 aliphatic heterocycles. The van der Waals surface area contributed by atoms with Crippen LogP contribution in [0.1, 0.15) is 133 Å². The van der Waals surface area contributed by atoms with E-state index < -0.39 is 128 Å². The van der Waals surface area contributed by atoms with E-state index in [1.165, 1.54) is 74.8 Å². The highest BCUT2D eigenvalue weighted by atomic mass is 32.7. The molecule has 15 N–H and O–H groups in total. The monoisotopic (exact) mass is 1860 g/mol. The number of esters is 3. The number of nitrogens with zero attached hydrogens (tertiary/aromatic N) is 12. The van der Waals surface area contributed by atoms with Gasteiger partial charge in [0.2, 0.25) is 35.5 Å². The van der Waals surface area contributed by atoms with Crippen LogP contribution in [0.5, 0.6) is 17.6 Å². The molecule has 0 spiro atoms. The Morgan fingerprint density at radius 3 is 0.944 bits per heavy atom. The van der Waals surface area contributed by atoms with E-state index in [0.29, 0.717) is 14.7 Å². The number of carbonyl (C=O) groups excluding carboxylic acids is 3. The Morgan fingerprint density at radius 1 is 0.437 bits per heavy atom. The molecule has 126 heavy (non-hydrogen) atoms. The first-order valence-electron chi connectivity index (χ1n) is 41.0. The van der Waals surface area contributed by atoms with Crippen molar-refractivity contribution in [3.63, 3.8) is 0 Å². The molecule has 3 saturated heterocycles. The number of rotatable bonds is 21. The number of fused-ring (bicyclic) bond motifs is 6. The summed E-state index contributed by atoms with van der Waals surface area (Å²) >= 11 is 2.97. The molecule has 9 aliphatic rings. The van der Waals surface area contributed by atoms with Gasteiger partial charge < -0.3 is 104 Å². The number of hydrogen-bond donors (Lipinski definition) is 12. The Hall–Kier alpha value is -8.34. The number of aliphatic hydroxyl groups is 6. The molecular formula is C78H99N18O24P3S3. The van der Waals surface area contributed by atoms with E-state index >= 15 is 0 Å². The summed E-state index contributed by atoms with van der Waals surface area (Å²) in [4.78, 5) is 79.0. The van der Waals surface area contributed by atoms with Crippen molar-refractivity contribution >= 4 is 124 Å². The van der Waals surface area contributed by atoms with Crippen LogP contribution in [0.4, 0.5) is 17.8 Å². The number of carbonyl (C=O) groups is 3. The van der Waals surface area contributed by atoms with Crippen LogP contribution in [-0.2, 0) is 89.3 Å². The number of benzene rings is 3. The Bertz CT molecular complexity index is 5130. The quantitative estimate of drug-likeness (QED) is 0.0195. The van der Waals surface area contributed by atoms with E-state index in [-0.39, 0.29) is 126 Å². The molecule has 3 aromatic carbocycles. The zero-order valence-electron chi connectivity index (χ0n) is 69.2. The first kappa shape index (κ1) is 91.0. The van der Waals surface area contributed by atoms with E-state index in [9.17, 15) is 58.7 Å². The van der Waals surface area contributed by atoms with E-state index in [2.05, 4.69) is 60.1 Å². The second kappa shape index (κ2) is 37.3. The smallest absolute Gasteiger partial charge is 0.332 e. The number of aliphatic hydroxyl groups excluding tert-OH is 3. The van der Waals surface area contributed by atoms with Gasteiger partial charge in [0.15, 0.2) is 52.2 Å². The molecule has 48 heteroatoms. The molecular weight excluding hydrogens is 1760 g/mol. The van der Waals surface area contributed by atoms with Gasteiger partial charge in [0.05, 0.1) is 60.1 Å². The van der Waals surface area contributed by atoms with Gasteiger partial charge in [-0.2, -0.15) is 29.9 Å². The Morgan fingerprint density at radius 2 is 0.690 bits per heavy atom. The van der Waals surface area contributed by atoms with Crippen molar-refractivity contribution < 1.29 is 115 Å². The molecule has 6 fully saturated rings. The summed E-state index contributed by atoms with van der Waals surface area (Å²) in [5, 5.41) is 75.9. The molecule has 678 valence electrons. The fraction of sp³-hybridized carbons (Fsp3) is 0.538. The molecule has 3 aliphatic carbocycles. The highest BCUT2D eigenvalue weighted by Crippen LogP contribution is 2.65. The van der Waals surface area contributed by atoms with Gasteiger partial charge in [-0.05, 0) is 167 Å². The normalized spacial score (nSPS) is 31.6. The average molecular weight is 1860 g/mol. The second-order valence-electron chi connectivity index (χ2n) is 32.5. The molecule has 0 amide bonds. The second-order valence-corrected chi connectivity index (χ2v) is 44.9. The van der Waals surface area contributed by atoms with Crippen LogP contribution in [-0.4, -0.2) is 238 Å². The van der Waals surface area contributed by atoms with Gasteiger partial charge in [-0.1, -0.05) is 54.6 Å². The Labute approximate surface area is 733 Å². The third kappa shape index (κ3) is 19.0. The average Bonchev–Trinajstić information content (AvgIpc) is 1.60. The summed E-state index contributed by atoms with van der Waals surface area (Å²) < 4.78 is 116. The summed E-state index contributed by atoms with van der Waals surface area (Å²) in [6, 6.07) is 19.4. The van der Waals surface area contributed by atoms with E-state index in [0.717, 1.165) is 128 Å². The highest BCUT2D eigenvalue weighted by molar-refractivity contribution is 8.56. The predicted octanol–water partition coefficient (Wildman–Crippen LogP) is 7.03. The Kier molecular flexibility index (Phi) is 26.9. The van der Waals surface area contributed by atoms with Crippen molar-refractivity contribution in [3.8, 4) is 17.6 Å². The first-order valence-corrected chi connectivity index (χ1v) is 50.2. The predicted molar refractivity (Wildman–Crippen MR) is 455 cm³/mol. The summed E-state index contributed by atoms with van der Waals surface area (Å²) in [5.41, 5.74) is 16.1. The number of hydrogen-bond acceptors (Lipinski definition) is 39. The fourth-order valence-corrected chi connectivity index (χ4v) is 28.7. The molecule has 3 saturated carbocycles. The zero-order chi connectivity index (χ0) is 88.9. The molecule has 12 heterocycles. The number of nitrogens with two attached hydrogens (primary N) is 3. The van der Waals surface area contributed by atoms with E-state index in [1.54, 1.807) is 0 Å². The molecule has 6 aromatic heterocycles. The minimum absolute atomic E-state index is 0.0741. The topological polar surface area (TPSA) is 580 Å². The minimum atomic E-state index is -3.78. The Balaban J connectivity index is 0.000000139. The molecule has 9 aromatic rings. The van der Waals surface area contributed by atoms with Crippen molar-refractivity contribution in [2.45, 2.75) is 240 Å². The summed E-state index contributed by atoms with van der Waals surface area (Å²) in [7, 11) is 4.25. The number of ether oxygens (including phenoxy) is 9. The van der Waals surface area contributed by atoms with Crippen LogP contribution in [0.25, 0.3) is 33.5 Å². The van der Waals surface area contributed by atoms with Crippen molar-refractivity contribution in [2.75, 3.05) is 58.4 Å². The van der Waals surface area contributed by atoms with Crippen molar-refractivity contribution in [1.82, 2.24) is 73.8 Å². The number of methoxy groups -OCH3 is 3. The molecule has 42 nitrogen and oxygen atoms in total. The van der Waals surface area contributed by atoms with Crippen molar-refractivity contribution in [3.05, 3.63) is 108 Å². The maximum absolute atomic E-state index is 14.1. The van der Waals surface area contributed by atoms with Gasteiger partial charge in [-0.25, -0.2) is 30.2 Å². The van der Waals surface area contributed by atoms with Crippen LogP contribution >= 0.6 is 54.3 Å². The highest BCUT2D eigenvalue weighted by Gasteiger charge is 2.58. The molecule has 8 unspecified atom stereocenters. The maximum Gasteiger partial charge on any atom is 0.332 e. The van der Waals surface area contributed by atoms with Crippen molar-refractivity contribution in [2.24, 2.45) is 0 Å². The van der Waals surface area contributed by atoms with Gasteiger partial charge in [0, 0.05) is 33.9 Å². The van der Waals surface area contributed by atoms with Crippen LogP contribution in [0.2, 0.25) is 0 Å². The number of aromatic nitrogens is 12. The third-order valence-corrected chi connectivity index (χ3v) is 35.1. The number of anilines is 3. The molecule has 18 atom stereocenters. The van der Waals surface area contributed by atoms with Gasteiger partial charge in [0.1, 0.15) is 89.9 Å². The van der Waals surface area contributed by atoms with Gasteiger partial charge in [0.25, 0.3) is 0 Å². The number of imidazole rings is 3. The minimum Gasteiger partial charge on any atom is -0.479 e. The van der Waals surface area contributed by atoms with Crippen molar-refractivity contribution in [1.29, 1.82) is 0 Å². The molecule has 0 radical (unpaired) electrons. The van der Waals surface area contributed by atoms with Gasteiger partial charge in [-0.3, -0.25) is 41.8 Å². The largest absolute Gasteiger partial charge is 0.479 e. The molecule has 0 bridgehead atoms. The zero-order valence-corrected chi connectivity index (χ0v) is 74.4. The van der Waals surface area contributed by atoms with E-state index in [4.69, 9.17) is 73.4 Å². The number of nitrogen functional groups attached to an aromatic ring is 3. The van der Waals surface area contributed by atoms with Gasteiger partial charge in [-0.15, -0.1) is 0 Å². The van der Waals surface area contributed by atoms with Gasteiger partial charge >= 0.3 is 38.1 Å². The lowest BCUT2D eigenvalue weighted by Gasteiger charge is -2.27. The van der Waals surface area contributed by atoms with Crippen LogP contribution in [0, 0.1) is 0 Å². The summed E-state index contributed by atoms with van der Waals surface area (Å²) in [5.74, 6) is -1.23. The number of nitrogens with one attached hydrogen (secondary N) is 3. The summed E-state index contributed by atoms with van der Waals surface area (Å²) in [6.45, 7) is -8.20.